The molecule has 0 spiro atoms. The van der Waals surface area contributed by atoms with Crippen LogP contribution in [0.4, 0.5) is 5.69 Å². The third-order valence-electron chi connectivity index (χ3n) is 3.48. The van der Waals surface area contributed by atoms with Gasteiger partial charge in [-0.25, -0.2) is 0 Å². The number of amides is 1. The fraction of sp³-hybridized carbons (Fsp3) is 0.125. The third kappa shape index (κ3) is 2.03. The van der Waals surface area contributed by atoms with Crippen LogP contribution in [0.3, 0.4) is 0 Å². The second-order valence-corrected chi connectivity index (χ2v) is 5.05. The second kappa shape index (κ2) is 5.12. The Morgan fingerprint density at radius 2 is 2.05 bits per heavy atom. The predicted molar refractivity (Wildman–Crippen MR) is 79.6 cm³/mol. The number of carbonyl (C=O) groups excluding carboxylic acids is 1. The molecule has 104 valence electrons. The largest absolute Gasteiger partial charge is 0.495 e. The Hall–Kier alpha value is -2.51. The van der Waals surface area contributed by atoms with E-state index in [1.807, 2.05) is 6.07 Å². The number of methoxy groups -OCH3 is 1. The van der Waals surface area contributed by atoms with Crippen LogP contribution < -0.4 is 9.64 Å². The highest BCUT2D eigenvalue weighted by molar-refractivity contribution is 6.31. The van der Waals surface area contributed by atoms with Gasteiger partial charge in [0, 0.05) is 16.1 Å². The highest BCUT2D eigenvalue weighted by Gasteiger charge is 2.39. The molecule has 3 rings (SSSR count). The number of hydrogen-bond donors (Lipinski definition) is 0. The van der Waals surface area contributed by atoms with Crippen LogP contribution in [0.1, 0.15) is 22.0 Å². The molecule has 2 aromatic carbocycles. The Labute approximate surface area is 127 Å². The lowest BCUT2D eigenvalue weighted by Crippen LogP contribution is -2.27. The van der Waals surface area contributed by atoms with Crippen molar-refractivity contribution in [2.24, 2.45) is 0 Å². The first-order valence-electron chi connectivity index (χ1n) is 6.33. The maximum Gasteiger partial charge on any atom is 0.260 e. The summed E-state index contributed by atoms with van der Waals surface area (Å²) in [7, 11) is 1.53. The zero-order valence-electron chi connectivity index (χ0n) is 11.2. The quantitative estimate of drug-likeness (QED) is 0.851. The summed E-state index contributed by atoms with van der Waals surface area (Å²) in [5.41, 5.74) is 1.70. The first-order chi connectivity index (χ1) is 10.2. The van der Waals surface area contributed by atoms with Crippen LogP contribution in [0.15, 0.2) is 42.5 Å². The summed E-state index contributed by atoms with van der Waals surface area (Å²) >= 11 is 5.98. The normalized spacial score (nSPS) is 16.5. The first kappa shape index (κ1) is 13.5. The minimum absolute atomic E-state index is 0.224. The van der Waals surface area contributed by atoms with Crippen LogP contribution in [-0.2, 0) is 0 Å². The topological polar surface area (TPSA) is 53.3 Å². The van der Waals surface area contributed by atoms with E-state index in [4.69, 9.17) is 16.3 Å². The van der Waals surface area contributed by atoms with Crippen LogP contribution in [0.5, 0.6) is 5.75 Å². The lowest BCUT2D eigenvalue weighted by molar-refractivity contribution is 0.0993. The highest BCUT2D eigenvalue weighted by atomic mass is 35.5. The molecular formula is C16H11ClN2O2. The van der Waals surface area contributed by atoms with Crippen molar-refractivity contribution in [2.45, 2.75) is 6.04 Å². The number of benzene rings is 2. The summed E-state index contributed by atoms with van der Waals surface area (Å²) in [6.07, 6.45) is 0. The fourth-order valence-electron chi connectivity index (χ4n) is 2.55. The molecule has 1 amide bonds. The molecule has 0 saturated carbocycles. The molecule has 1 unspecified atom stereocenters. The van der Waals surface area contributed by atoms with Gasteiger partial charge in [-0.05, 0) is 30.3 Å². The van der Waals surface area contributed by atoms with E-state index in [0.717, 1.165) is 0 Å². The van der Waals surface area contributed by atoms with Gasteiger partial charge in [0.25, 0.3) is 5.91 Å². The van der Waals surface area contributed by atoms with Gasteiger partial charge < -0.3 is 4.74 Å². The van der Waals surface area contributed by atoms with Crippen molar-refractivity contribution in [1.82, 2.24) is 0 Å². The monoisotopic (exact) mass is 298 g/mol. The van der Waals surface area contributed by atoms with E-state index in [1.54, 1.807) is 36.4 Å². The van der Waals surface area contributed by atoms with Gasteiger partial charge >= 0.3 is 0 Å². The lowest BCUT2D eigenvalue weighted by atomic mass is 10.1. The Kier molecular flexibility index (Phi) is 3.28. The first-order valence-corrected chi connectivity index (χ1v) is 6.71. The molecule has 0 fully saturated rings. The van der Waals surface area contributed by atoms with E-state index < -0.39 is 6.04 Å². The molecule has 21 heavy (non-hydrogen) atoms. The van der Waals surface area contributed by atoms with Gasteiger partial charge in [0.1, 0.15) is 5.75 Å². The molecule has 0 N–H and O–H groups in total. The van der Waals surface area contributed by atoms with Crippen molar-refractivity contribution in [3.63, 3.8) is 0 Å². The molecule has 1 atom stereocenters. The van der Waals surface area contributed by atoms with Crippen molar-refractivity contribution < 1.29 is 9.53 Å². The summed E-state index contributed by atoms with van der Waals surface area (Å²) in [5, 5.41) is 9.99. The number of nitriles is 1. The average Bonchev–Trinajstić information content (AvgIpc) is 2.78. The van der Waals surface area contributed by atoms with Gasteiger partial charge in [0.05, 0.1) is 18.9 Å². The molecule has 0 saturated heterocycles. The van der Waals surface area contributed by atoms with Crippen molar-refractivity contribution in [3.8, 4) is 11.8 Å². The van der Waals surface area contributed by atoms with Gasteiger partial charge in [0.15, 0.2) is 6.04 Å². The highest BCUT2D eigenvalue weighted by Crippen LogP contribution is 2.41. The zero-order chi connectivity index (χ0) is 15.0. The molecule has 0 aliphatic carbocycles. The maximum absolute atomic E-state index is 12.6. The minimum atomic E-state index is -0.706. The zero-order valence-corrected chi connectivity index (χ0v) is 12.0. The fourth-order valence-corrected chi connectivity index (χ4v) is 2.73. The van der Waals surface area contributed by atoms with Crippen LogP contribution in [0.2, 0.25) is 5.02 Å². The van der Waals surface area contributed by atoms with Gasteiger partial charge in [-0.15, -0.1) is 0 Å². The molecular weight excluding hydrogens is 288 g/mol. The smallest absolute Gasteiger partial charge is 0.260 e. The minimum Gasteiger partial charge on any atom is -0.495 e. The molecule has 1 aliphatic rings. The molecule has 4 nitrogen and oxygen atoms in total. The SMILES string of the molecule is COc1ccccc1N1C(=O)c2ccc(Cl)cc2C1C#N. The van der Waals surface area contributed by atoms with E-state index in [9.17, 15) is 10.1 Å². The molecule has 0 radical (unpaired) electrons. The van der Waals surface area contributed by atoms with Gasteiger partial charge in [-0.2, -0.15) is 5.26 Å². The number of nitrogens with zero attached hydrogens (tertiary/aromatic N) is 2. The average molecular weight is 299 g/mol. The maximum atomic E-state index is 12.6. The Bertz CT molecular complexity index is 767. The lowest BCUT2D eigenvalue weighted by Gasteiger charge is -2.22. The van der Waals surface area contributed by atoms with E-state index >= 15 is 0 Å². The number of fused-ring (bicyclic) bond motifs is 1. The predicted octanol–water partition coefficient (Wildman–Crippen LogP) is 3.57. The Morgan fingerprint density at radius 3 is 2.76 bits per heavy atom. The van der Waals surface area contributed by atoms with Crippen molar-refractivity contribution in [2.75, 3.05) is 12.0 Å². The third-order valence-corrected chi connectivity index (χ3v) is 3.72. The summed E-state index contributed by atoms with van der Waals surface area (Å²) in [5.74, 6) is 0.322. The van der Waals surface area contributed by atoms with E-state index in [-0.39, 0.29) is 5.91 Å². The number of anilines is 1. The number of halogens is 1. The number of ether oxygens (including phenoxy) is 1. The number of para-hydroxylation sites is 2. The molecule has 2 aromatic rings. The van der Waals surface area contributed by atoms with Crippen LogP contribution >= 0.6 is 11.6 Å². The van der Waals surface area contributed by atoms with E-state index in [0.29, 0.717) is 27.6 Å². The van der Waals surface area contributed by atoms with Gasteiger partial charge in [-0.3, -0.25) is 9.69 Å². The molecule has 0 aromatic heterocycles. The van der Waals surface area contributed by atoms with E-state index in [1.165, 1.54) is 12.0 Å². The Balaban J connectivity index is 2.17. The second-order valence-electron chi connectivity index (χ2n) is 4.61. The van der Waals surface area contributed by atoms with Crippen molar-refractivity contribution >= 4 is 23.2 Å². The van der Waals surface area contributed by atoms with E-state index in [2.05, 4.69) is 6.07 Å². The number of rotatable bonds is 2. The summed E-state index contributed by atoms with van der Waals surface area (Å²) in [4.78, 5) is 14.1. The molecule has 1 heterocycles. The Morgan fingerprint density at radius 1 is 1.29 bits per heavy atom. The molecule has 0 bridgehead atoms. The number of hydrogen-bond acceptors (Lipinski definition) is 3. The number of carbonyl (C=O) groups is 1. The van der Waals surface area contributed by atoms with Crippen LogP contribution in [0, 0.1) is 11.3 Å². The van der Waals surface area contributed by atoms with Crippen molar-refractivity contribution in [1.29, 1.82) is 5.26 Å². The summed E-state index contributed by atoms with van der Waals surface area (Å²) in [6, 6.07) is 13.6. The molecule has 5 heteroatoms. The van der Waals surface area contributed by atoms with Crippen LogP contribution in [-0.4, -0.2) is 13.0 Å². The van der Waals surface area contributed by atoms with Gasteiger partial charge in [0.2, 0.25) is 0 Å². The molecule has 1 aliphatic heterocycles. The van der Waals surface area contributed by atoms with Gasteiger partial charge in [-0.1, -0.05) is 23.7 Å². The summed E-state index contributed by atoms with van der Waals surface area (Å²) in [6.45, 7) is 0. The standard InChI is InChI=1S/C16H11ClN2O2/c1-21-15-5-3-2-4-13(15)19-14(9-18)12-8-10(17)6-7-11(12)16(19)20/h2-8,14H,1H3. The van der Waals surface area contributed by atoms with Crippen molar-refractivity contribution in [3.05, 3.63) is 58.6 Å². The summed E-state index contributed by atoms with van der Waals surface area (Å²) < 4.78 is 5.29. The van der Waals surface area contributed by atoms with Crippen LogP contribution in [0.25, 0.3) is 0 Å².